The van der Waals surface area contributed by atoms with Crippen molar-refractivity contribution >= 4 is 11.8 Å². The van der Waals surface area contributed by atoms with Crippen molar-refractivity contribution in [3.05, 3.63) is 30.1 Å². The molecule has 0 radical (unpaired) electrons. The van der Waals surface area contributed by atoms with Crippen molar-refractivity contribution in [2.45, 2.75) is 83.4 Å². The van der Waals surface area contributed by atoms with E-state index in [1.54, 1.807) is 0 Å². The Morgan fingerprint density at radius 2 is 1.88 bits per heavy atom. The largest absolute Gasteiger partial charge is 0.393 e. The first-order valence-electron chi connectivity index (χ1n) is 12.4. The Balaban J connectivity index is 1.54. The molecule has 1 aliphatic heterocycles. The summed E-state index contributed by atoms with van der Waals surface area (Å²) in [4.78, 5) is 16.7. The van der Waals surface area contributed by atoms with Crippen LogP contribution in [-0.4, -0.2) is 56.7 Å². The van der Waals surface area contributed by atoms with Crippen molar-refractivity contribution in [1.82, 2.24) is 19.9 Å². The summed E-state index contributed by atoms with van der Waals surface area (Å²) in [7, 11) is 0. The van der Waals surface area contributed by atoms with Crippen LogP contribution in [0.15, 0.2) is 24.5 Å². The second-order valence-electron chi connectivity index (χ2n) is 9.28. The molecule has 3 N–H and O–H groups in total. The number of nitrogens with one attached hydrogen (secondary N) is 2. The van der Waals surface area contributed by atoms with Gasteiger partial charge in [-0.2, -0.15) is 4.98 Å². The first-order valence-corrected chi connectivity index (χ1v) is 12.4. The van der Waals surface area contributed by atoms with E-state index < -0.39 is 0 Å². The van der Waals surface area contributed by atoms with Crippen LogP contribution in [0.5, 0.6) is 0 Å². The van der Waals surface area contributed by atoms with E-state index in [0.29, 0.717) is 18.0 Å². The minimum Gasteiger partial charge on any atom is -0.393 e. The lowest BCUT2D eigenvalue weighted by atomic mass is 9.93. The fourth-order valence-corrected chi connectivity index (χ4v) is 4.71. The van der Waals surface area contributed by atoms with Crippen LogP contribution < -0.4 is 10.6 Å². The highest BCUT2D eigenvalue weighted by Gasteiger charge is 2.22. The normalized spacial score (nSPS) is 22.6. The van der Waals surface area contributed by atoms with Crippen LogP contribution in [0.4, 0.5) is 11.8 Å². The van der Waals surface area contributed by atoms with Crippen LogP contribution in [0.1, 0.15) is 76.8 Å². The van der Waals surface area contributed by atoms with Gasteiger partial charge in [0.1, 0.15) is 5.82 Å². The van der Waals surface area contributed by atoms with E-state index in [-0.39, 0.29) is 6.10 Å². The molecule has 2 fully saturated rings. The second-order valence-corrected chi connectivity index (χ2v) is 9.28. The van der Waals surface area contributed by atoms with Gasteiger partial charge in [0.25, 0.3) is 0 Å². The SMILES string of the molecule is CCCCNc1ncc(-c2ccc(C(C)N3CCCC3)cn2)c(N[C@H]2CC[C@H](O)CC2)n1. The van der Waals surface area contributed by atoms with Crippen molar-refractivity contribution in [2.24, 2.45) is 0 Å². The van der Waals surface area contributed by atoms with Crippen molar-refractivity contribution in [3.8, 4) is 11.3 Å². The van der Waals surface area contributed by atoms with Crippen LogP contribution in [0.2, 0.25) is 0 Å². The fourth-order valence-electron chi connectivity index (χ4n) is 4.71. The Kier molecular flexibility index (Phi) is 7.92. The number of aromatic nitrogens is 3. The van der Waals surface area contributed by atoms with Crippen LogP contribution in [0.3, 0.4) is 0 Å². The molecule has 1 aliphatic carbocycles. The zero-order chi connectivity index (χ0) is 22.3. The molecule has 0 aromatic carbocycles. The molecule has 7 heteroatoms. The second kappa shape index (κ2) is 11.1. The van der Waals surface area contributed by atoms with Gasteiger partial charge in [-0.1, -0.05) is 19.4 Å². The average Bonchev–Trinajstić information content (AvgIpc) is 3.36. The molecule has 0 bridgehead atoms. The molecular weight excluding hydrogens is 400 g/mol. The smallest absolute Gasteiger partial charge is 0.224 e. The number of nitrogens with zero attached hydrogens (tertiary/aromatic N) is 4. The summed E-state index contributed by atoms with van der Waals surface area (Å²) in [6.07, 6.45) is 12.1. The molecule has 0 spiro atoms. The van der Waals surface area contributed by atoms with Crippen LogP contribution >= 0.6 is 0 Å². The van der Waals surface area contributed by atoms with Crippen LogP contribution in [0.25, 0.3) is 11.3 Å². The third kappa shape index (κ3) is 5.75. The van der Waals surface area contributed by atoms with Crippen molar-refractivity contribution in [1.29, 1.82) is 0 Å². The molecule has 1 saturated carbocycles. The lowest BCUT2D eigenvalue weighted by Crippen LogP contribution is -2.29. The third-order valence-electron chi connectivity index (χ3n) is 6.87. The zero-order valence-electron chi connectivity index (χ0n) is 19.6. The van der Waals surface area contributed by atoms with Crippen LogP contribution in [-0.2, 0) is 0 Å². The standard InChI is InChI=1S/C25H38N6O/c1-3-4-13-26-25-28-17-22(24(30-25)29-20-8-10-21(32)11-9-20)23-12-7-19(16-27-23)18(2)31-14-5-6-15-31/h7,12,16-18,20-21,32H,3-6,8-11,13-15H2,1-2H3,(H2,26,28,29,30)/t18?,20-,21-. The maximum atomic E-state index is 9.86. The van der Waals surface area contributed by atoms with E-state index in [2.05, 4.69) is 46.5 Å². The Morgan fingerprint density at radius 3 is 2.56 bits per heavy atom. The number of unbranched alkanes of at least 4 members (excludes halogenated alkanes) is 1. The van der Waals surface area contributed by atoms with Crippen molar-refractivity contribution in [2.75, 3.05) is 30.3 Å². The monoisotopic (exact) mass is 438 g/mol. The summed E-state index contributed by atoms with van der Waals surface area (Å²) < 4.78 is 0. The lowest BCUT2D eigenvalue weighted by molar-refractivity contribution is 0.126. The molecule has 1 atom stereocenters. The minimum atomic E-state index is -0.170. The van der Waals surface area contributed by atoms with Gasteiger partial charge in [0.15, 0.2) is 0 Å². The van der Waals surface area contributed by atoms with E-state index >= 15 is 0 Å². The highest BCUT2D eigenvalue weighted by molar-refractivity contribution is 5.73. The number of likely N-dealkylation sites (tertiary alicyclic amines) is 1. The Hall–Kier alpha value is -2.25. The fraction of sp³-hybridized carbons (Fsp3) is 0.640. The molecule has 174 valence electrons. The topological polar surface area (TPSA) is 86.2 Å². The molecule has 7 nitrogen and oxygen atoms in total. The number of anilines is 2. The molecule has 2 aliphatic rings. The van der Waals surface area contributed by atoms with Gasteiger partial charge < -0.3 is 15.7 Å². The number of aliphatic hydroxyl groups excluding tert-OH is 1. The summed E-state index contributed by atoms with van der Waals surface area (Å²) in [6, 6.07) is 5.00. The molecule has 1 saturated heterocycles. The Labute approximate surface area is 192 Å². The summed E-state index contributed by atoms with van der Waals surface area (Å²) in [5.74, 6) is 1.48. The number of hydrogen-bond donors (Lipinski definition) is 3. The summed E-state index contributed by atoms with van der Waals surface area (Å²) >= 11 is 0. The van der Waals surface area contributed by atoms with E-state index in [0.717, 1.165) is 62.1 Å². The molecule has 2 aromatic rings. The predicted octanol–water partition coefficient (Wildman–Crippen LogP) is 4.62. The van der Waals surface area contributed by atoms with E-state index in [4.69, 9.17) is 9.97 Å². The molecule has 32 heavy (non-hydrogen) atoms. The number of rotatable bonds is 9. The van der Waals surface area contributed by atoms with Crippen LogP contribution in [0, 0.1) is 0 Å². The zero-order valence-corrected chi connectivity index (χ0v) is 19.6. The van der Waals surface area contributed by atoms with Gasteiger partial charge in [-0.3, -0.25) is 9.88 Å². The van der Waals surface area contributed by atoms with Crippen molar-refractivity contribution in [3.63, 3.8) is 0 Å². The maximum absolute atomic E-state index is 9.86. The molecule has 3 heterocycles. The molecular formula is C25H38N6O. The van der Waals surface area contributed by atoms with Gasteiger partial charge in [0, 0.05) is 31.0 Å². The Morgan fingerprint density at radius 1 is 1.09 bits per heavy atom. The lowest BCUT2D eigenvalue weighted by Gasteiger charge is -2.27. The highest BCUT2D eigenvalue weighted by Crippen LogP contribution is 2.30. The quantitative estimate of drug-likeness (QED) is 0.492. The highest BCUT2D eigenvalue weighted by atomic mass is 16.3. The van der Waals surface area contributed by atoms with E-state index in [9.17, 15) is 5.11 Å². The van der Waals surface area contributed by atoms with Gasteiger partial charge in [0.05, 0.1) is 17.4 Å². The van der Waals surface area contributed by atoms with Gasteiger partial charge in [-0.25, -0.2) is 4.98 Å². The maximum Gasteiger partial charge on any atom is 0.224 e. The van der Waals surface area contributed by atoms with Gasteiger partial charge in [0.2, 0.25) is 5.95 Å². The summed E-state index contributed by atoms with van der Waals surface area (Å²) in [5.41, 5.74) is 3.07. The number of hydrogen-bond acceptors (Lipinski definition) is 7. The first kappa shape index (κ1) is 22.9. The molecule has 1 unspecified atom stereocenters. The third-order valence-corrected chi connectivity index (χ3v) is 6.87. The van der Waals surface area contributed by atoms with Gasteiger partial charge in [-0.15, -0.1) is 0 Å². The minimum absolute atomic E-state index is 0.170. The van der Waals surface area contributed by atoms with Gasteiger partial charge >= 0.3 is 0 Å². The molecule has 0 amide bonds. The predicted molar refractivity (Wildman–Crippen MR) is 130 cm³/mol. The molecule has 4 rings (SSSR count). The number of aliphatic hydroxyl groups is 1. The summed E-state index contributed by atoms with van der Waals surface area (Å²) in [5, 5.41) is 16.8. The van der Waals surface area contributed by atoms with E-state index in [1.807, 2.05) is 12.4 Å². The van der Waals surface area contributed by atoms with E-state index in [1.165, 1.54) is 31.5 Å². The first-order chi connectivity index (χ1) is 15.6. The Bertz CT molecular complexity index is 844. The summed E-state index contributed by atoms with van der Waals surface area (Å²) in [6.45, 7) is 7.66. The molecule has 2 aromatic heterocycles. The average molecular weight is 439 g/mol. The van der Waals surface area contributed by atoms with Crippen molar-refractivity contribution < 1.29 is 5.11 Å². The van der Waals surface area contributed by atoms with Gasteiger partial charge in [-0.05, 0) is 76.6 Å². The number of pyridine rings is 1.